The maximum Gasteiger partial charge on any atom is 0.416 e. The summed E-state index contributed by atoms with van der Waals surface area (Å²) < 4.78 is 95.6. The van der Waals surface area contributed by atoms with Gasteiger partial charge in [0, 0.05) is 19.2 Å². The molecule has 1 saturated heterocycles. The van der Waals surface area contributed by atoms with Crippen LogP contribution in [-0.2, 0) is 27.4 Å². The van der Waals surface area contributed by atoms with Gasteiger partial charge in [-0.05, 0) is 87.2 Å². The van der Waals surface area contributed by atoms with Gasteiger partial charge in [0.1, 0.15) is 17.4 Å². The highest BCUT2D eigenvalue weighted by Gasteiger charge is 2.42. The number of likely N-dealkylation sites (N-methyl/N-ethyl adjacent to an activating group) is 1. The highest BCUT2D eigenvalue weighted by atomic mass is 19.4. The van der Waals surface area contributed by atoms with Gasteiger partial charge < -0.3 is 15.5 Å². The van der Waals surface area contributed by atoms with E-state index in [0.717, 1.165) is 4.90 Å². The van der Waals surface area contributed by atoms with Crippen molar-refractivity contribution in [2.45, 2.75) is 58.0 Å². The minimum Gasteiger partial charge on any atom is -0.341 e. The number of ketones is 1. The number of nitrogens with zero attached hydrogens (tertiary/aromatic N) is 3. The van der Waals surface area contributed by atoms with E-state index in [2.05, 4.69) is 4.98 Å². The number of halogens is 7. The first-order valence-corrected chi connectivity index (χ1v) is 13.6. The van der Waals surface area contributed by atoms with Crippen molar-refractivity contribution in [2.75, 3.05) is 23.4 Å². The molecule has 3 aromatic rings. The Labute approximate surface area is 249 Å². The summed E-state index contributed by atoms with van der Waals surface area (Å²) in [4.78, 5) is 33.3. The van der Waals surface area contributed by atoms with Crippen molar-refractivity contribution in [1.82, 2.24) is 4.98 Å². The van der Waals surface area contributed by atoms with Crippen LogP contribution < -0.4 is 15.5 Å². The second kappa shape index (κ2) is 11.5. The van der Waals surface area contributed by atoms with Gasteiger partial charge in [-0.25, -0.2) is 9.37 Å². The van der Waals surface area contributed by atoms with Crippen LogP contribution in [0.4, 0.5) is 42.2 Å². The van der Waals surface area contributed by atoms with E-state index in [1.807, 2.05) is 0 Å². The van der Waals surface area contributed by atoms with E-state index >= 15 is 0 Å². The van der Waals surface area contributed by atoms with Gasteiger partial charge in [0.2, 0.25) is 5.91 Å². The number of rotatable bonds is 6. The molecule has 0 radical (unpaired) electrons. The minimum atomic E-state index is -5.09. The molecule has 1 amide bonds. The Balaban J connectivity index is 1.83. The predicted octanol–water partition coefficient (Wildman–Crippen LogP) is 6.87. The summed E-state index contributed by atoms with van der Waals surface area (Å²) in [5.41, 5.74) is 2.45. The standard InChI is InChI=1S/C31H31F7N4O2/c1-16-10-21(32)6-7-22(16)24-14-26(42-9-8-23(17(2)43)27(42)39)40-15-25(24)41(5)28(44)29(3,4)18-11-19(30(33,34)35)13-20(12-18)31(36,37)38/h6-7,10-15,23,27H,8-9,39H2,1-5H3/t23?,27-/m0/s1. The Kier molecular flexibility index (Phi) is 8.59. The fourth-order valence-electron chi connectivity index (χ4n) is 5.50. The van der Waals surface area contributed by atoms with Crippen LogP contribution in [0, 0.1) is 18.7 Å². The van der Waals surface area contributed by atoms with E-state index in [4.69, 9.17) is 5.73 Å². The topological polar surface area (TPSA) is 79.5 Å². The van der Waals surface area contributed by atoms with Gasteiger partial charge in [-0.3, -0.25) is 9.59 Å². The van der Waals surface area contributed by atoms with Crippen molar-refractivity contribution in [1.29, 1.82) is 0 Å². The summed E-state index contributed by atoms with van der Waals surface area (Å²) >= 11 is 0. The quantitative estimate of drug-likeness (QED) is 0.303. The Morgan fingerprint density at radius 2 is 1.50 bits per heavy atom. The first-order valence-electron chi connectivity index (χ1n) is 13.6. The van der Waals surface area contributed by atoms with Crippen molar-refractivity contribution in [2.24, 2.45) is 11.7 Å². The van der Waals surface area contributed by atoms with Crippen molar-refractivity contribution in [3.05, 3.63) is 76.7 Å². The number of hydrogen-bond donors (Lipinski definition) is 1. The molecule has 6 nitrogen and oxygen atoms in total. The van der Waals surface area contributed by atoms with Crippen LogP contribution in [0.2, 0.25) is 0 Å². The molecule has 0 saturated carbocycles. The zero-order valence-corrected chi connectivity index (χ0v) is 24.6. The number of carbonyl (C=O) groups is 2. The number of anilines is 2. The third kappa shape index (κ3) is 6.28. The number of carbonyl (C=O) groups excluding carboxylic acids is 2. The number of pyridine rings is 1. The molecule has 236 valence electrons. The average Bonchev–Trinajstić information content (AvgIpc) is 3.32. The van der Waals surface area contributed by atoms with E-state index in [1.165, 1.54) is 52.2 Å². The van der Waals surface area contributed by atoms with E-state index in [9.17, 15) is 40.3 Å². The van der Waals surface area contributed by atoms with Crippen LogP contribution in [0.1, 0.15) is 49.4 Å². The van der Waals surface area contributed by atoms with E-state index in [1.54, 1.807) is 17.9 Å². The number of aromatic nitrogens is 1. The van der Waals surface area contributed by atoms with Crippen molar-refractivity contribution in [3.63, 3.8) is 0 Å². The minimum absolute atomic E-state index is 0.00551. The number of hydrogen-bond acceptors (Lipinski definition) is 5. The monoisotopic (exact) mass is 624 g/mol. The lowest BCUT2D eigenvalue weighted by molar-refractivity contribution is -0.143. The first kappa shape index (κ1) is 32.9. The largest absolute Gasteiger partial charge is 0.416 e. The molecule has 1 aromatic heterocycles. The van der Waals surface area contributed by atoms with Gasteiger partial charge in [-0.1, -0.05) is 6.07 Å². The molecule has 1 unspecified atom stereocenters. The summed E-state index contributed by atoms with van der Waals surface area (Å²) in [7, 11) is 1.33. The molecule has 2 aromatic carbocycles. The van der Waals surface area contributed by atoms with Crippen LogP contribution in [0.3, 0.4) is 0 Å². The molecule has 1 fully saturated rings. The molecule has 44 heavy (non-hydrogen) atoms. The highest BCUT2D eigenvalue weighted by molar-refractivity contribution is 6.03. The molecule has 0 aliphatic carbocycles. The maximum absolute atomic E-state index is 14.0. The van der Waals surface area contributed by atoms with E-state index in [0.29, 0.717) is 47.6 Å². The van der Waals surface area contributed by atoms with Crippen LogP contribution in [0.25, 0.3) is 11.1 Å². The fraction of sp³-hybridized carbons (Fsp3) is 0.387. The lowest BCUT2D eigenvalue weighted by Crippen LogP contribution is -2.43. The summed E-state index contributed by atoms with van der Waals surface area (Å²) in [6.45, 7) is 5.97. The smallest absolute Gasteiger partial charge is 0.341 e. The fourth-order valence-corrected chi connectivity index (χ4v) is 5.50. The number of Topliss-reactive ketones (excluding diaryl/α,β-unsaturated/α-hetero) is 1. The number of nitrogens with two attached hydrogens (primary N) is 1. The molecule has 4 rings (SSSR count). The predicted molar refractivity (Wildman–Crippen MR) is 151 cm³/mol. The van der Waals surface area contributed by atoms with Crippen molar-refractivity contribution >= 4 is 23.2 Å². The molecule has 0 spiro atoms. The number of alkyl halides is 6. The van der Waals surface area contributed by atoms with Crippen LogP contribution in [0.5, 0.6) is 0 Å². The molecule has 1 aliphatic rings. The summed E-state index contributed by atoms with van der Waals surface area (Å²) in [6.07, 6.45) is -9.02. The highest BCUT2D eigenvalue weighted by Crippen LogP contribution is 2.42. The van der Waals surface area contributed by atoms with Crippen molar-refractivity contribution < 1.29 is 40.3 Å². The van der Waals surface area contributed by atoms with Gasteiger partial charge in [0.15, 0.2) is 0 Å². The van der Waals surface area contributed by atoms with Crippen LogP contribution in [0.15, 0.2) is 48.7 Å². The van der Waals surface area contributed by atoms with Gasteiger partial charge in [-0.2, -0.15) is 26.3 Å². The summed E-state index contributed by atoms with van der Waals surface area (Å²) in [6, 6.07) is 6.67. The molecule has 2 heterocycles. The molecule has 2 N–H and O–H groups in total. The summed E-state index contributed by atoms with van der Waals surface area (Å²) in [5.74, 6) is -1.47. The lowest BCUT2D eigenvalue weighted by Gasteiger charge is -2.32. The number of benzene rings is 2. The molecular formula is C31H31F7N4O2. The van der Waals surface area contributed by atoms with Gasteiger partial charge in [0.25, 0.3) is 0 Å². The third-order valence-electron chi connectivity index (χ3n) is 8.13. The van der Waals surface area contributed by atoms with E-state index < -0.39 is 58.3 Å². The van der Waals surface area contributed by atoms with Crippen molar-refractivity contribution in [3.8, 4) is 11.1 Å². The Morgan fingerprint density at radius 3 is 2.00 bits per heavy atom. The normalized spacial score (nSPS) is 17.6. The second-order valence-corrected chi connectivity index (χ2v) is 11.5. The maximum atomic E-state index is 14.0. The van der Waals surface area contributed by atoms with Crippen LogP contribution >= 0.6 is 0 Å². The third-order valence-corrected chi connectivity index (χ3v) is 8.13. The lowest BCUT2D eigenvalue weighted by atomic mass is 9.81. The zero-order chi connectivity index (χ0) is 32.9. The van der Waals surface area contributed by atoms with Crippen LogP contribution in [-0.4, -0.2) is 36.4 Å². The van der Waals surface area contributed by atoms with Gasteiger partial charge in [-0.15, -0.1) is 0 Å². The summed E-state index contributed by atoms with van der Waals surface area (Å²) in [5, 5.41) is 0. The molecule has 0 bridgehead atoms. The Hall–Kier alpha value is -4.00. The molecule has 2 atom stereocenters. The molecular weight excluding hydrogens is 593 g/mol. The Morgan fingerprint density at radius 1 is 0.932 bits per heavy atom. The SMILES string of the molecule is CC(=O)C1CCN(c2cc(-c3ccc(F)cc3C)c(N(C)C(=O)C(C)(C)c3cc(C(F)(F)F)cc(C(F)(F)F)c3)cn2)[C@@H]1N. The molecule has 13 heteroatoms. The average molecular weight is 625 g/mol. The Bertz CT molecular complexity index is 1570. The zero-order valence-electron chi connectivity index (χ0n) is 24.6. The van der Waals surface area contributed by atoms with E-state index in [-0.39, 0.29) is 17.5 Å². The van der Waals surface area contributed by atoms with Gasteiger partial charge in [0.05, 0.1) is 40.5 Å². The number of aryl methyl sites for hydroxylation is 1. The molecule has 1 aliphatic heterocycles. The van der Waals surface area contributed by atoms with Gasteiger partial charge >= 0.3 is 12.4 Å². The number of amides is 1. The second-order valence-electron chi connectivity index (χ2n) is 11.5. The first-order chi connectivity index (χ1) is 20.2.